The molecule has 0 bridgehead atoms. The zero-order chi connectivity index (χ0) is 21.3. The van der Waals surface area contributed by atoms with Gasteiger partial charge in [-0.25, -0.2) is 0 Å². The van der Waals surface area contributed by atoms with Crippen molar-refractivity contribution >= 4 is 23.2 Å². The number of hydrogen-bond donors (Lipinski definition) is 2. The van der Waals surface area contributed by atoms with Gasteiger partial charge in [-0.1, -0.05) is 24.3 Å². The van der Waals surface area contributed by atoms with Crippen LogP contribution in [0.5, 0.6) is 11.5 Å². The maximum Gasteiger partial charge on any atom is 0.255 e. The van der Waals surface area contributed by atoms with Crippen LogP contribution in [-0.2, 0) is 11.2 Å². The molecule has 3 aromatic carbocycles. The Kier molecular flexibility index (Phi) is 7.05. The van der Waals surface area contributed by atoms with Gasteiger partial charge in [0, 0.05) is 17.7 Å². The van der Waals surface area contributed by atoms with E-state index in [2.05, 4.69) is 10.6 Å². The standard InChI is InChI=1S/C24H24N2O4/c1-29-20-14-7-17(8-15-20)9-16-23(27)25-19-12-10-18(11-13-19)24(28)26-21-5-3-4-6-22(21)30-2/h3-8,10-15H,9,16H2,1-2H3,(H,25,27)(H,26,28). The Morgan fingerprint density at radius 2 is 1.50 bits per heavy atom. The summed E-state index contributed by atoms with van der Waals surface area (Å²) in [6.07, 6.45) is 0.998. The molecule has 0 spiro atoms. The van der Waals surface area contributed by atoms with Gasteiger partial charge in [-0.3, -0.25) is 9.59 Å². The van der Waals surface area contributed by atoms with Crippen LogP contribution in [0, 0.1) is 0 Å². The molecule has 0 aliphatic carbocycles. The van der Waals surface area contributed by atoms with Crippen LogP contribution in [0.2, 0.25) is 0 Å². The molecule has 0 saturated heterocycles. The number of methoxy groups -OCH3 is 2. The SMILES string of the molecule is COc1ccc(CCC(=O)Nc2ccc(C(=O)Nc3ccccc3OC)cc2)cc1. The summed E-state index contributed by atoms with van der Waals surface area (Å²) in [6, 6.07) is 21.6. The van der Waals surface area contributed by atoms with E-state index in [1.807, 2.05) is 36.4 Å². The van der Waals surface area contributed by atoms with Crippen LogP contribution in [0.1, 0.15) is 22.3 Å². The van der Waals surface area contributed by atoms with Crippen LogP contribution >= 0.6 is 0 Å². The minimum absolute atomic E-state index is 0.0861. The van der Waals surface area contributed by atoms with Crippen LogP contribution in [0.25, 0.3) is 0 Å². The molecular formula is C24H24N2O4. The smallest absolute Gasteiger partial charge is 0.255 e. The summed E-state index contributed by atoms with van der Waals surface area (Å²) in [6.45, 7) is 0. The summed E-state index contributed by atoms with van der Waals surface area (Å²) >= 11 is 0. The topological polar surface area (TPSA) is 76.7 Å². The first-order valence-electron chi connectivity index (χ1n) is 9.56. The zero-order valence-corrected chi connectivity index (χ0v) is 17.0. The molecule has 6 heteroatoms. The Morgan fingerprint density at radius 1 is 0.800 bits per heavy atom. The summed E-state index contributed by atoms with van der Waals surface area (Å²) in [5.74, 6) is 1.04. The highest BCUT2D eigenvalue weighted by molar-refractivity contribution is 6.05. The summed E-state index contributed by atoms with van der Waals surface area (Å²) in [5, 5.41) is 5.68. The maximum absolute atomic E-state index is 12.5. The first-order valence-corrected chi connectivity index (χ1v) is 9.56. The van der Waals surface area contributed by atoms with E-state index in [-0.39, 0.29) is 11.8 Å². The van der Waals surface area contributed by atoms with Gasteiger partial charge in [-0.05, 0) is 60.5 Å². The van der Waals surface area contributed by atoms with Crippen molar-refractivity contribution < 1.29 is 19.1 Å². The van der Waals surface area contributed by atoms with Gasteiger partial charge in [0.2, 0.25) is 5.91 Å². The molecule has 2 amide bonds. The van der Waals surface area contributed by atoms with E-state index < -0.39 is 0 Å². The molecule has 2 N–H and O–H groups in total. The van der Waals surface area contributed by atoms with E-state index in [1.165, 1.54) is 0 Å². The Morgan fingerprint density at radius 3 is 2.17 bits per heavy atom. The number of ether oxygens (including phenoxy) is 2. The Balaban J connectivity index is 1.53. The second-order valence-corrected chi connectivity index (χ2v) is 6.63. The summed E-state index contributed by atoms with van der Waals surface area (Å²) in [4.78, 5) is 24.7. The molecule has 6 nitrogen and oxygen atoms in total. The van der Waals surface area contributed by atoms with Gasteiger partial charge < -0.3 is 20.1 Å². The maximum atomic E-state index is 12.5. The number of aryl methyl sites for hydroxylation is 1. The second kappa shape index (κ2) is 10.1. The van der Waals surface area contributed by atoms with Gasteiger partial charge in [0.05, 0.1) is 19.9 Å². The number of nitrogens with one attached hydrogen (secondary N) is 2. The predicted molar refractivity (Wildman–Crippen MR) is 117 cm³/mol. The third-order valence-electron chi connectivity index (χ3n) is 4.59. The van der Waals surface area contributed by atoms with E-state index in [0.717, 1.165) is 11.3 Å². The molecule has 154 valence electrons. The number of para-hydroxylation sites is 2. The Hall–Kier alpha value is -3.80. The van der Waals surface area contributed by atoms with Crippen LogP contribution in [-0.4, -0.2) is 26.0 Å². The number of carbonyl (C=O) groups excluding carboxylic acids is 2. The highest BCUT2D eigenvalue weighted by Gasteiger charge is 2.10. The summed E-state index contributed by atoms with van der Waals surface area (Å²) in [7, 11) is 3.17. The molecule has 3 rings (SSSR count). The van der Waals surface area contributed by atoms with Crippen LogP contribution < -0.4 is 20.1 Å². The second-order valence-electron chi connectivity index (χ2n) is 6.63. The number of carbonyl (C=O) groups is 2. The van der Waals surface area contributed by atoms with Gasteiger partial charge in [0.25, 0.3) is 5.91 Å². The largest absolute Gasteiger partial charge is 0.497 e. The fraction of sp³-hybridized carbons (Fsp3) is 0.167. The van der Waals surface area contributed by atoms with Crippen molar-refractivity contribution in [2.45, 2.75) is 12.8 Å². The Labute approximate surface area is 175 Å². The molecule has 30 heavy (non-hydrogen) atoms. The number of rotatable bonds is 8. The minimum atomic E-state index is -0.253. The van der Waals surface area contributed by atoms with Crippen molar-refractivity contribution in [3.8, 4) is 11.5 Å². The number of hydrogen-bond acceptors (Lipinski definition) is 4. The van der Waals surface area contributed by atoms with Gasteiger partial charge >= 0.3 is 0 Å². The lowest BCUT2D eigenvalue weighted by Gasteiger charge is -2.10. The quantitative estimate of drug-likeness (QED) is 0.578. The number of anilines is 2. The zero-order valence-electron chi connectivity index (χ0n) is 17.0. The van der Waals surface area contributed by atoms with Crippen molar-refractivity contribution in [1.29, 1.82) is 0 Å². The summed E-state index contributed by atoms with van der Waals surface area (Å²) < 4.78 is 10.4. The highest BCUT2D eigenvalue weighted by Crippen LogP contribution is 2.24. The van der Waals surface area contributed by atoms with Gasteiger partial charge in [-0.2, -0.15) is 0 Å². The fourth-order valence-corrected chi connectivity index (χ4v) is 2.92. The van der Waals surface area contributed by atoms with E-state index in [0.29, 0.717) is 35.5 Å². The van der Waals surface area contributed by atoms with Crippen molar-refractivity contribution in [2.75, 3.05) is 24.9 Å². The van der Waals surface area contributed by atoms with E-state index in [9.17, 15) is 9.59 Å². The average molecular weight is 404 g/mol. The average Bonchev–Trinajstić information content (AvgIpc) is 2.79. The van der Waals surface area contributed by atoms with Gasteiger partial charge in [-0.15, -0.1) is 0 Å². The molecule has 0 saturated carbocycles. The number of amides is 2. The third kappa shape index (κ3) is 5.61. The third-order valence-corrected chi connectivity index (χ3v) is 4.59. The van der Waals surface area contributed by atoms with Crippen molar-refractivity contribution in [3.05, 3.63) is 83.9 Å². The molecule has 0 aromatic heterocycles. The molecule has 3 aromatic rings. The van der Waals surface area contributed by atoms with E-state index in [4.69, 9.17) is 9.47 Å². The Bertz CT molecular complexity index is 998. The van der Waals surface area contributed by atoms with Crippen LogP contribution in [0.3, 0.4) is 0 Å². The van der Waals surface area contributed by atoms with Crippen molar-refractivity contribution in [1.82, 2.24) is 0 Å². The molecule has 0 heterocycles. The highest BCUT2D eigenvalue weighted by atomic mass is 16.5. The van der Waals surface area contributed by atoms with Gasteiger partial charge in [0.1, 0.15) is 11.5 Å². The first kappa shape index (κ1) is 20.9. The monoisotopic (exact) mass is 404 g/mol. The molecule has 0 unspecified atom stereocenters. The molecule has 0 radical (unpaired) electrons. The van der Waals surface area contributed by atoms with Crippen LogP contribution in [0.4, 0.5) is 11.4 Å². The van der Waals surface area contributed by atoms with Crippen molar-refractivity contribution in [3.63, 3.8) is 0 Å². The molecular weight excluding hydrogens is 380 g/mol. The lowest BCUT2D eigenvalue weighted by atomic mass is 10.1. The number of benzene rings is 3. The van der Waals surface area contributed by atoms with E-state index >= 15 is 0 Å². The summed E-state index contributed by atoms with van der Waals surface area (Å²) in [5.41, 5.74) is 2.79. The van der Waals surface area contributed by atoms with Crippen molar-refractivity contribution in [2.24, 2.45) is 0 Å². The normalized spacial score (nSPS) is 10.2. The first-order chi connectivity index (χ1) is 14.6. The van der Waals surface area contributed by atoms with Crippen LogP contribution in [0.15, 0.2) is 72.8 Å². The van der Waals surface area contributed by atoms with E-state index in [1.54, 1.807) is 50.6 Å². The lowest BCUT2D eigenvalue weighted by molar-refractivity contribution is -0.116. The lowest BCUT2D eigenvalue weighted by Crippen LogP contribution is -2.14. The predicted octanol–water partition coefficient (Wildman–Crippen LogP) is 4.53. The molecule has 0 aliphatic rings. The molecule has 0 atom stereocenters. The minimum Gasteiger partial charge on any atom is -0.497 e. The fourth-order valence-electron chi connectivity index (χ4n) is 2.92. The van der Waals surface area contributed by atoms with Gasteiger partial charge in [0.15, 0.2) is 0 Å². The molecule has 0 aliphatic heterocycles. The molecule has 0 fully saturated rings.